The van der Waals surface area contributed by atoms with E-state index in [0.29, 0.717) is 0 Å². The lowest BCUT2D eigenvalue weighted by Gasteiger charge is -2.00. The highest BCUT2D eigenvalue weighted by Gasteiger charge is 1.82. The molecule has 1 atom stereocenters. The molecule has 0 aliphatic carbocycles. The molecule has 2 N–H and O–H groups in total. The van der Waals surface area contributed by atoms with Crippen LogP contribution in [0.15, 0.2) is 0 Å². The van der Waals surface area contributed by atoms with Gasteiger partial charge in [0.25, 0.3) is 0 Å². The molecule has 0 aromatic rings. The minimum atomic E-state index is 1.04. The fraction of sp³-hybridized carbons (Fsp3) is 1.00. The summed E-state index contributed by atoms with van der Waals surface area (Å²) in [7, 11) is 2.49. The summed E-state index contributed by atoms with van der Waals surface area (Å²) in [4.78, 5) is 0. The maximum Gasteiger partial charge on any atom is 0.0111 e. The lowest BCUT2D eigenvalue weighted by molar-refractivity contribution is 0.638. The molecule has 0 saturated carbocycles. The van der Waals surface area contributed by atoms with Gasteiger partial charge >= 0.3 is 0 Å². The van der Waals surface area contributed by atoms with Crippen LogP contribution in [0, 0.1) is 0 Å². The third-order valence-electron chi connectivity index (χ3n) is 1.15. The van der Waals surface area contributed by atoms with Gasteiger partial charge in [0.1, 0.15) is 0 Å². The zero-order chi connectivity index (χ0) is 6.95. The van der Waals surface area contributed by atoms with E-state index in [2.05, 4.69) is 26.7 Å². The first kappa shape index (κ1) is 9.35. The molecule has 1 unspecified atom stereocenters. The molecule has 0 fully saturated rings. The Balaban J connectivity index is 2.60. The van der Waals surface area contributed by atoms with Gasteiger partial charge in [-0.1, -0.05) is 22.7 Å². The van der Waals surface area contributed by atoms with Crippen LogP contribution in [0.1, 0.15) is 19.8 Å². The Morgan fingerprint density at radius 1 is 1.22 bits per heavy atom. The standard InChI is InChI=1S/C6H17N2P/c1-2-3-4-7-5-6-8-9/h7-8H,2-6,9H2,1H3. The molecule has 0 aliphatic heterocycles. The lowest BCUT2D eigenvalue weighted by atomic mass is 10.3. The quantitative estimate of drug-likeness (QED) is 0.429. The molecule has 3 heteroatoms. The Morgan fingerprint density at radius 3 is 2.56 bits per heavy atom. The topological polar surface area (TPSA) is 24.1 Å². The first-order valence-corrected chi connectivity index (χ1v) is 4.13. The van der Waals surface area contributed by atoms with Gasteiger partial charge in [-0.3, -0.25) is 5.09 Å². The molecule has 0 aromatic carbocycles. The molecule has 0 radical (unpaired) electrons. The van der Waals surface area contributed by atoms with Crippen LogP contribution in [0.4, 0.5) is 0 Å². The van der Waals surface area contributed by atoms with Gasteiger partial charge in [-0.05, 0) is 13.0 Å². The molecular weight excluding hydrogens is 131 g/mol. The van der Waals surface area contributed by atoms with Gasteiger partial charge in [-0.25, -0.2) is 0 Å². The first-order valence-electron chi connectivity index (χ1n) is 3.56. The van der Waals surface area contributed by atoms with Gasteiger partial charge in [0.15, 0.2) is 0 Å². The smallest absolute Gasteiger partial charge is 0.0111 e. The van der Waals surface area contributed by atoms with Crippen LogP contribution in [0.3, 0.4) is 0 Å². The predicted molar refractivity (Wildman–Crippen MR) is 45.5 cm³/mol. The molecule has 0 amide bonds. The van der Waals surface area contributed by atoms with E-state index in [1.807, 2.05) is 0 Å². The van der Waals surface area contributed by atoms with Crippen LogP contribution in [0.5, 0.6) is 0 Å². The Kier molecular flexibility index (Phi) is 8.67. The highest BCUT2D eigenvalue weighted by atomic mass is 31.0. The van der Waals surface area contributed by atoms with Gasteiger partial charge in [0.05, 0.1) is 0 Å². The average molecular weight is 148 g/mol. The fourth-order valence-corrected chi connectivity index (χ4v) is 0.732. The molecule has 0 aromatic heterocycles. The third kappa shape index (κ3) is 8.35. The predicted octanol–water partition coefficient (Wildman–Crippen LogP) is 0.756. The summed E-state index contributed by atoms with van der Waals surface area (Å²) in [5, 5.41) is 6.31. The molecule has 0 aliphatic rings. The molecule has 56 valence electrons. The molecule has 0 heterocycles. The summed E-state index contributed by atoms with van der Waals surface area (Å²) >= 11 is 0. The molecule has 0 bridgehead atoms. The first-order chi connectivity index (χ1) is 4.41. The van der Waals surface area contributed by atoms with Crippen molar-refractivity contribution in [3.63, 3.8) is 0 Å². The highest BCUT2D eigenvalue weighted by molar-refractivity contribution is 7.13. The molecule has 0 spiro atoms. The number of unbranched alkanes of at least 4 members (excludes halogenated alkanes) is 1. The zero-order valence-electron chi connectivity index (χ0n) is 6.11. The van der Waals surface area contributed by atoms with E-state index >= 15 is 0 Å². The molecule has 0 rings (SSSR count). The fourth-order valence-electron chi connectivity index (χ4n) is 0.587. The maximum absolute atomic E-state index is 3.31. The van der Waals surface area contributed by atoms with Crippen LogP contribution in [0.25, 0.3) is 0 Å². The van der Waals surface area contributed by atoms with E-state index in [0.717, 1.165) is 19.6 Å². The van der Waals surface area contributed by atoms with E-state index in [9.17, 15) is 0 Å². The number of rotatable bonds is 6. The summed E-state index contributed by atoms with van der Waals surface area (Å²) < 4.78 is 0. The monoisotopic (exact) mass is 148 g/mol. The van der Waals surface area contributed by atoms with Crippen molar-refractivity contribution >= 4 is 9.39 Å². The van der Waals surface area contributed by atoms with Gasteiger partial charge in [0.2, 0.25) is 0 Å². The van der Waals surface area contributed by atoms with Gasteiger partial charge in [-0.15, -0.1) is 0 Å². The molecule has 0 saturated heterocycles. The van der Waals surface area contributed by atoms with E-state index in [-0.39, 0.29) is 0 Å². The molecule has 2 nitrogen and oxygen atoms in total. The summed E-state index contributed by atoms with van der Waals surface area (Å²) in [6.07, 6.45) is 2.57. The normalized spacial score (nSPS) is 10.0. The average Bonchev–Trinajstić information content (AvgIpc) is 1.89. The largest absolute Gasteiger partial charge is 0.315 e. The number of hydrogen-bond acceptors (Lipinski definition) is 2. The van der Waals surface area contributed by atoms with Crippen molar-refractivity contribution in [1.82, 2.24) is 10.4 Å². The van der Waals surface area contributed by atoms with E-state index < -0.39 is 0 Å². The van der Waals surface area contributed by atoms with Crippen LogP contribution < -0.4 is 10.4 Å². The Morgan fingerprint density at radius 2 is 2.00 bits per heavy atom. The number of nitrogens with one attached hydrogen (secondary N) is 2. The van der Waals surface area contributed by atoms with Crippen molar-refractivity contribution in [3.8, 4) is 0 Å². The van der Waals surface area contributed by atoms with Gasteiger partial charge in [0, 0.05) is 13.1 Å². The van der Waals surface area contributed by atoms with E-state index in [1.165, 1.54) is 12.8 Å². The second-order valence-corrected chi connectivity index (χ2v) is 2.47. The van der Waals surface area contributed by atoms with Crippen molar-refractivity contribution in [1.29, 1.82) is 0 Å². The van der Waals surface area contributed by atoms with Gasteiger partial charge in [-0.2, -0.15) is 0 Å². The summed E-state index contributed by atoms with van der Waals surface area (Å²) in [5.74, 6) is 0. The summed E-state index contributed by atoms with van der Waals surface area (Å²) in [6.45, 7) is 5.47. The van der Waals surface area contributed by atoms with E-state index in [1.54, 1.807) is 0 Å². The second kappa shape index (κ2) is 8.35. The van der Waals surface area contributed by atoms with Crippen molar-refractivity contribution < 1.29 is 0 Å². The Bertz CT molecular complexity index is 44.3. The zero-order valence-corrected chi connectivity index (χ0v) is 7.27. The van der Waals surface area contributed by atoms with Crippen LogP contribution >= 0.6 is 9.39 Å². The second-order valence-electron chi connectivity index (χ2n) is 2.06. The Hall–Kier alpha value is 0.350. The maximum atomic E-state index is 3.31. The van der Waals surface area contributed by atoms with Crippen LogP contribution in [-0.4, -0.2) is 19.6 Å². The SMILES string of the molecule is CCCCNCCNP. The Labute approximate surface area is 60.0 Å². The number of hydrogen-bond donors (Lipinski definition) is 2. The van der Waals surface area contributed by atoms with Crippen molar-refractivity contribution in [2.75, 3.05) is 19.6 Å². The van der Waals surface area contributed by atoms with Crippen LogP contribution in [-0.2, 0) is 0 Å². The third-order valence-corrected chi connectivity index (χ3v) is 1.44. The lowest BCUT2D eigenvalue weighted by Crippen LogP contribution is -2.23. The van der Waals surface area contributed by atoms with Gasteiger partial charge < -0.3 is 5.32 Å². The van der Waals surface area contributed by atoms with Crippen molar-refractivity contribution in [2.24, 2.45) is 0 Å². The molecule has 9 heavy (non-hydrogen) atoms. The van der Waals surface area contributed by atoms with E-state index in [4.69, 9.17) is 0 Å². The van der Waals surface area contributed by atoms with Crippen molar-refractivity contribution in [3.05, 3.63) is 0 Å². The summed E-state index contributed by atoms with van der Waals surface area (Å²) in [5.41, 5.74) is 0. The minimum absolute atomic E-state index is 1.04. The minimum Gasteiger partial charge on any atom is -0.315 e. The van der Waals surface area contributed by atoms with Crippen LogP contribution in [0.2, 0.25) is 0 Å². The van der Waals surface area contributed by atoms with Crippen molar-refractivity contribution in [2.45, 2.75) is 19.8 Å². The highest BCUT2D eigenvalue weighted by Crippen LogP contribution is 1.80. The molecular formula is C6H17N2P. The summed E-state index contributed by atoms with van der Waals surface area (Å²) in [6, 6.07) is 0.